The topological polar surface area (TPSA) is 22.0 Å². The second kappa shape index (κ2) is 6.39. The lowest BCUT2D eigenvalue weighted by Gasteiger charge is -2.29. The molecule has 0 bridgehead atoms. The van der Waals surface area contributed by atoms with Gasteiger partial charge in [0.25, 0.3) is 0 Å². The molecule has 0 aliphatic carbocycles. The van der Waals surface area contributed by atoms with Gasteiger partial charge in [0.1, 0.15) is 31.9 Å². The van der Waals surface area contributed by atoms with Crippen LogP contribution in [0.15, 0.2) is 22.8 Å². The average Bonchev–Trinajstić information content (AvgIpc) is 2.85. The number of likely N-dealkylation sites (N-methyl/N-ethyl adjacent to an activating group) is 1. The zero-order valence-corrected chi connectivity index (χ0v) is 12.0. The molecule has 1 aromatic rings. The number of hydrogen-bond acceptors (Lipinski definition) is 1. The summed E-state index contributed by atoms with van der Waals surface area (Å²) in [6.07, 6.45) is 3.05. The molecule has 1 saturated heterocycles. The van der Waals surface area contributed by atoms with Gasteiger partial charge in [-0.3, -0.25) is 0 Å². The molecule has 2 N–H and O–H groups in total. The van der Waals surface area contributed by atoms with Crippen LogP contribution >= 0.6 is 0 Å². The van der Waals surface area contributed by atoms with Gasteiger partial charge in [0.2, 0.25) is 0 Å². The highest BCUT2D eigenvalue weighted by Gasteiger charge is 2.24. The Bertz CT molecular complexity index is 326. The molecule has 1 aliphatic rings. The van der Waals surface area contributed by atoms with Gasteiger partial charge in [-0.1, -0.05) is 13.8 Å². The molecular formula is C15H28N2O+2. The fraction of sp³-hybridized carbons (Fsp3) is 0.733. The quantitative estimate of drug-likeness (QED) is 0.746. The van der Waals surface area contributed by atoms with Gasteiger partial charge in [-0.15, -0.1) is 0 Å². The summed E-state index contributed by atoms with van der Waals surface area (Å²) in [5.74, 6) is 2.41. The summed E-state index contributed by atoms with van der Waals surface area (Å²) < 4.78 is 5.60. The molecule has 3 nitrogen and oxygen atoms in total. The van der Waals surface area contributed by atoms with Crippen LogP contribution in [-0.4, -0.2) is 39.8 Å². The Morgan fingerprint density at radius 2 is 1.94 bits per heavy atom. The van der Waals surface area contributed by atoms with E-state index in [0.717, 1.165) is 0 Å². The SMILES string of the molecule is CC(C)[C@@H](CC[NH+]1CC[NH+](C)CC1)c1ccco1. The van der Waals surface area contributed by atoms with Crippen molar-refractivity contribution in [1.29, 1.82) is 0 Å². The molecule has 3 heteroatoms. The first kappa shape index (κ1) is 13.6. The van der Waals surface area contributed by atoms with Crippen molar-refractivity contribution in [2.75, 3.05) is 39.8 Å². The van der Waals surface area contributed by atoms with Crippen LogP contribution in [0.5, 0.6) is 0 Å². The van der Waals surface area contributed by atoms with Crippen molar-refractivity contribution in [3.63, 3.8) is 0 Å². The van der Waals surface area contributed by atoms with E-state index in [0.29, 0.717) is 11.8 Å². The van der Waals surface area contributed by atoms with Gasteiger partial charge in [0, 0.05) is 12.3 Å². The van der Waals surface area contributed by atoms with Crippen LogP contribution < -0.4 is 9.80 Å². The van der Waals surface area contributed by atoms with Crippen LogP contribution in [0.25, 0.3) is 0 Å². The summed E-state index contributed by atoms with van der Waals surface area (Å²) in [4.78, 5) is 3.46. The minimum absolute atomic E-state index is 0.583. The number of quaternary nitrogens is 2. The number of nitrogens with one attached hydrogen (secondary N) is 2. The summed E-state index contributed by atoms with van der Waals surface area (Å²) in [6.45, 7) is 11.2. The van der Waals surface area contributed by atoms with Crippen LogP contribution in [-0.2, 0) is 0 Å². The summed E-state index contributed by atoms with van der Waals surface area (Å²) in [5.41, 5.74) is 0. The van der Waals surface area contributed by atoms with Crippen molar-refractivity contribution >= 4 is 0 Å². The summed E-state index contributed by atoms with van der Waals surface area (Å²) in [7, 11) is 2.30. The Morgan fingerprint density at radius 1 is 1.22 bits per heavy atom. The summed E-state index contributed by atoms with van der Waals surface area (Å²) >= 11 is 0. The summed E-state index contributed by atoms with van der Waals surface area (Å²) in [5, 5.41) is 0. The predicted molar refractivity (Wildman–Crippen MR) is 73.1 cm³/mol. The standard InChI is InChI=1S/C15H26N2O/c1-13(2)14(15-5-4-12-18-15)6-7-17-10-8-16(3)9-11-17/h4-5,12-14H,6-11H2,1-3H3/p+2/t14-/m1/s1. The normalized spacial score (nSPS) is 26.4. The highest BCUT2D eigenvalue weighted by atomic mass is 16.3. The highest BCUT2D eigenvalue weighted by Crippen LogP contribution is 2.27. The monoisotopic (exact) mass is 252 g/mol. The Balaban J connectivity index is 1.83. The van der Waals surface area contributed by atoms with Gasteiger partial charge in [0.15, 0.2) is 0 Å². The first-order valence-corrected chi connectivity index (χ1v) is 7.35. The third kappa shape index (κ3) is 3.59. The molecule has 1 aromatic heterocycles. The Morgan fingerprint density at radius 3 is 2.50 bits per heavy atom. The Labute approximate surface area is 111 Å². The molecule has 0 unspecified atom stereocenters. The lowest BCUT2D eigenvalue weighted by atomic mass is 9.90. The third-order valence-corrected chi connectivity index (χ3v) is 4.33. The van der Waals surface area contributed by atoms with Gasteiger partial charge in [0.05, 0.1) is 19.9 Å². The second-order valence-electron chi connectivity index (χ2n) is 6.11. The van der Waals surface area contributed by atoms with Crippen LogP contribution in [0.3, 0.4) is 0 Å². The zero-order chi connectivity index (χ0) is 13.0. The lowest BCUT2D eigenvalue weighted by Crippen LogP contribution is -3.27. The van der Waals surface area contributed by atoms with Gasteiger partial charge in [-0.05, 0) is 18.1 Å². The van der Waals surface area contributed by atoms with Gasteiger partial charge < -0.3 is 14.2 Å². The lowest BCUT2D eigenvalue weighted by molar-refractivity contribution is -1.00. The molecule has 1 aliphatic heterocycles. The maximum Gasteiger partial charge on any atom is 0.127 e. The third-order valence-electron chi connectivity index (χ3n) is 4.33. The number of piperazine rings is 1. The largest absolute Gasteiger partial charge is 0.469 e. The highest BCUT2D eigenvalue weighted by molar-refractivity contribution is 5.06. The second-order valence-corrected chi connectivity index (χ2v) is 6.11. The fourth-order valence-corrected chi connectivity index (χ4v) is 2.95. The molecule has 0 aromatic carbocycles. The van der Waals surface area contributed by atoms with Crippen LogP contribution in [0.1, 0.15) is 31.9 Å². The van der Waals surface area contributed by atoms with Crippen LogP contribution in [0.4, 0.5) is 0 Å². The first-order chi connectivity index (χ1) is 8.66. The van der Waals surface area contributed by atoms with E-state index in [4.69, 9.17) is 4.42 Å². The Kier molecular flexibility index (Phi) is 4.84. The number of hydrogen-bond donors (Lipinski definition) is 2. The van der Waals surface area contributed by atoms with E-state index >= 15 is 0 Å². The van der Waals surface area contributed by atoms with Gasteiger partial charge in [-0.2, -0.15) is 0 Å². The number of rotatable bonds is 5. The summed E-state index contributed by atoms with van der Waals surface area (Å²) in [6, 6.07) is 4.14. The van der Waals surface area contributed by atoms with Gasteiger partial charge >= 0.3 is 0 Å². The van der Waals surface area contributed by atoms with Crippen LogP contribution in [0.2, 0.25) is 0 Å². The van der Waals surface area contributed by atoms with Gasteiger partial charge in [-0.25, -0.2) is 0 Å². The van der Waals surface area contributed by atoms with E-state index in [1.165, 1.54) is 44.9 Å². The molecule has 2 heterocycles. The maximum atomic E-state index is 5.60. The number of furan rings is 1. The fourth-order valence-electron chi connectivity index (χ4n) is 2.95. The van der Waals surface area contributed by atoms with Crippen LogP contribution in [0, 0.1) is 5.92 Å². The zero-order valence-electron chi connectivity index (χ0n) is 12.0. The van der Waals surface area contributed by atoms with E-state index in [9.17, 15) is 0 Å². The van der Waals surface area contributed by atoms with Crippen molar-refractivity contribution in [3.05, 3.63) is 24.2 Å². The maximum absolute atomic E-state index is 5.60. The van der Waals surface area contributed by atoms with Crippen molar-refractivity contribution in [2.24, 2.45) is 5.92 Å². The minimum Gasteiger partial charge on any atom is -0.469 e. The van der Waals surface area contributed by atoms with Crippen molar-refractivity contribution in [3.8, 4) is 0 Å². The molecule has 0 radical (unpaired) electrons. The molecule has 18 heavy (non-hydrogen) atoms. The minimum atomic E-state index is 0.583. The molecule has 102 valence electrons. The molecule has 0 amide bonds. The molecule has 1 fully saturated rings. The Hall–Kier alpha value is -0.800. The smallest absolute Gasteiger partial charge is 0.127 e. The molecular weight excluding hydrogens is 224 g/mol. The molecule has 2 rings (SSSR count). The van der Waals surface area contributed by atoms with E-state index in [1.807, 2.05) is 6.07 Å². The first-order valence-electron chi connectivity index (χ1n) is 7.35. The van der Waals surface area contributed by atoms with E-state index < -0.39 is 0 Å². The van der Waals surface area contributed by atoms with Crippen molar-refractivity contribution in [2.45, 2.75) is 26.2 Å². The van der Waals surface area contributed by atoms with Crippen molar-refractivity contribution in [1.82, 2.24) is 0 Å². The molecule has 0 saturated carbocycles. The predicted octanol–water partition coefficient (Wildman–Crippen LogP) is -0.177. The average molecular weight is 252 g/mol. The molecule has 1 atom stereocenters. The molecule has 0 spiro atoms. The van der Waals surface area contributed by atoms with E-state index in [-0.39, 0.29) is 0 Å². The van der Waals surface area contributed by atoms with Crippen molar-refractivity contribution < 1.29 is 14.2 Å². The van der Waals surface area contributed by atoms with E-state index in [2.05, 4.69) is 27.0 Å². The van der Waals surface area contributed by atoms with E-state index in [1.54, 1.807) is 16.1 Å².